The lowest BCUT2D eigenvalue weighted by Crippen LogP contribution is -2.00. The van der Waals surface area contributed by atoms with Crippen LogP contribution in [0.5, 0.6) is 0 Å². The van der Waals surface area contributed by atoms with Crippen molar-refractivity contribution >= 4 is 29.1 Å². The van der Waals surface area contributed by atoms with Crippen molar-refractivity contribution in [1.82, 2.24) is 15.2 Å². The molecule has 2 aromatic heterocycles. The second-order valence-corrected chi connectivity index (χ2v) is 8.05. The number of hydrogen-bond acceptors (Lipinski definition) is 8. The van der Waals surface area contributed by atoms with Gasteiger partial charge in [0.2, 0.25) is 5.89 Å². The van der Waals surface area contributed by atoms with E-state index in [1.807, 2.05) is 23.6 Å². The largest absolute Gasteiger partial charge is 0.465 e. The van der Waals surface area contributed by atoms with Gasteiger partial charge in [-0.15, -0.1) is 21.5 Å². The second kappa shape index (κ2) is 9.19. The van der Waals surface area contributed by atoms with E-state index >= 15 is 0 Å². The summed E-state index contributed by atoms with van der Waals surface area (Å²) in [7, 11) is 1.36. The molecular formula is C21H16FN3O3S2. The summed E-state index contributed by atoms with van der Waals surface area (Å²) in [4.78, 5) is 16.2. The monoisotopic (exact) mass is 441 g/mol. The molecule has 0 aliphatic heterocycles. The molecule has 0 spiro atoms. The van der Waals surface area contributed by atoms with Crippen LogP contribution in [-0.2, 0) is 16.9 Å². The summed E-state index contributed by atoms with van der Waals surface area (Å²) in [5, 5.41) is 11.3. The second-order valence-electron chi connectivity index (χ2n) is 6.27. The Hall–Kier alpha value is -3.04. The van der Waals surface area contributed by atoms with Gasteiger partial charge in [-0.2, -0.15) is 0 Å². The van der Waals surface area contributed by atoms with Gasteiger partial charge in [0, 0.05) is 16.7 Å². The summed E-state index contributed by atoms with van der Waals surface area (Å²) >= 11 is 2.92. The summed E-state index contributed by atoms with van der Waals surface area (Å²) < 4.78 is 23.6. The summed E-state index contributed by atoms with van der Waals surface area (Å²) in [6.45, 7) is 0. The van der Waals surface area contributed by atoms with Gasteiger partial charge in [0.25, 0.3) is 5.22 Å². The lowest BCUT2D eigenvalue weighted by Gasteiger charge is -2.00. The first-order valence-electron chi connectivity index (χ1n) is 8.93. The SMILES string of the molecule is COC(=O)c1ccc(-c2nc(CSc3nnc(Cc4cccc(F)c4)o3)cs2)cc1. The molecule has 0 aliphatic carbocycles. The number of esters is 1. The van der Waals surface area contributed by atoms with E-state index in [2.05, 4.69) is 15.2 Å². The molecule has 6 nitrogen and oxygen atoms in total. The molecule has 4 aromatic rings. The molecule has 30 heavy (non-hydrogen) atoms. The summed E-state index contributed by atoms with van der Waals surface area (Å²) in [5.41, 5.74) is 3.09. The fourth-order valence-corrected chi connectivity index (χ4v) is 4.30. The molecule has 0 saturated carbocycles. The number of benzene rings is 2. The zero-order valence-electron chi connectivity index (χ0n) is 15.9. The van der Waals surface area contributed by atoms with E-state index < -0.39 is 0 Å². The fraction of sp³-hybridized carbons (Fsp3) is 0.143. The minimum atomic E-state index is -0.367. The molecule has 152 valence electrons. The molecular weight excluding hydrogens is 425 g/mol. The molecule has 2 aromatic carbocycles. The smallest absolute Gasteiger partial charge is 0.337 e. The van der Waals surface area contributed by atoms with E-state index in [0.717, 1.165) is 21.8 Å². The summed E-state index contributed by atoms with van der Waals surface area (Å²) in [6, 6.07) is 13.4. The van der Waals surface area contributed by atoms with Crippen molar-refractivity contribution in [3.05, 3.63) is 82.4 Å². The number of halogens is 1. The Morgan fingerprint density at radius 2 is 2.03 bits per heavy atom. The molecule has 0 amide bonds. The zero-order valence-corrected chi connectivity index (χ0v) is 17.5. The molecule has 0 saturated heterocycles. The first kappa shape index (κ1) is 20.2. The van der Waals surface area contributed by atoms with Gasteiger partial charge in [-0.1, -0.05) is 36.0 Å². The third-order valence-corrected chi connectivity index (χ3v) is 5.93. The maximum Gasteiger partial charge on any atom is 0.337 e. The van der Waals surface area contributed by atoms with Crippen molar-refractivity contribution in [3.63, 3.8) is 0 Å². The van der Waals surface area contributed by atoms with Crippen LogP contribution in [0.2, 0.25) is 0 Å². The molecule has 2 heterocycles. The minimum absolute atomic E-state index is 0.291. The van der Waals surface area contributed by atoms with Crippen LogP contribution >= 0.6 is 23.1 Å². The third kappa shape index (κ3) is 4.92. The van der Waals surface area contributed by atoms with Gasteiger partial charge in [0.15, 0.2) is 0 Å². The predicted octanol–water partition coefficient (Wildman–Crippen LogP) is 5.00. The average Bonchev–Trinajstić information content (AvgIpc) is 3.41. The summed E-state index contributed by atoms with van der Waals surface area (Å²) in [5.74, 6) is 0.362. The highest BCUT2D eigenvalue weighted by Gasteiger charge is 2.11. The van der Waals surface area contributed by atoms with Crippen LogP contribution in [0.4, 0.5) is 4.39 Å². The normalized spacial score (nSPS) is 10.9. The minimum Gasteiger partial charge on any atom is -0.465 e. The number of carbonyl (C=O) groups excluding carboxylic acids is 1. The number of aromatic nitrogens is 3. The molecule has 4 rings (SSSR count). The third-order valence-electron chi connectivity index (χ3n) is 4.14. The Kier molecular flexibility index (Phi) is 6.20. The Morgan fingerprint density at radius 1 is 1.20 bits per heavy atom. The van der Waals surface area contributed by atoms with E-state index in [9.17, 15) is 9.18 Å². The van der Waals surface area contributed by atoms with Gasteiger partial charge in [-0.3, -0.25) is 0 Å². The highest BCUT2D eigenvalue weighted by molar-refractivity contribution is 7.98. The Labute approximate surface area is 180 Å². The molecule has 0 bridgehead atoms. The first-order chi connectivity index (χ1) is 14.6. The van der Waals surface area contributed by atoms with Gasteiger partial charge in [0.05, 0.1) is 24.8 Å². The van der Waals surface area contributed by atoms with E-state index in [0.29, 0.717) is 28.9 Å². The summed E-state index contributed by atoms with van der Waals surface area (Å²) in [6.07, 6.45) is 0.383. The van der Waals surface area contributed by atoms with Crippen molar-refractivity contribution in [1.29, 1.82) is 0 Å². The van der Waals surface area contributed by atoms with Crippen molar-refractivity contribution < 1.29 is 18.3 Å². The molecule has 0 radical (unpaired) electrons. The maximum absolute atomic E-state index is 13.3. The number of nitrogens with zero attached hydrogens (tertiary/aromatic N) is 3. The van der Waals surface area contributed by atoms with Crippen molar-refractivity contribution in [2.24, 2.45) is 0 Å². The van der Waals surface area contributed by atoms with Crippen molar-refractivity contribution in [2.45, 2.75) is 17.4 Å². The number of rotatable bonds is 7. The van der Waals surface area contributed by atoms with Gasteiger partial charge >= 0.3 is 5.97 Å². The van der Waals surface area contributed by atoms with Crippen molar-refractivity contribution in [2.75, 3.05) is 7.11 Å². The van der Waals surface area contributed by atoms with Gasteiger partial charge in [-0.05, 0) is 29.8 Å². The fourth-order valence-electron chi connectivity index (χ4n) is 2.70. The standard InChI is InChI=1S/C21H16FN3O3S2/c1-27-20(26)15-7-5-14(6-8-15)19-23-17(11-29-19)12-30-21-25-24-18(28-21)10-13-3-2-4-16(22)9-13/h2-9,11H,10,12H2,1H3. The van der Waals surface area contributed by atoms with E-state index in [1.54, 1.807) is 18.2 Å². The highest BCUT2D eigenvalue weighted by atomic mass is 32.2. The molecule has 9 heteroatoms. The first-order valence-corrected chi connectivity index (χ1v) is 10.8. The highest BCUT2D eigenvalue weighted by Crippen LogP contribution is 2.28. The number of thiazole rings is 1. The Bertz CT molecular complexity index is 1160. The van der Waals surface area contributed by atoms with Crippen LogP contribution in [0, 0.1) is 5.82 Å². The van der Waals surface area contributed by atoms with E-state index in [4.69, 9.17) is 9.15 Å². The molecule has 0 fully saturated rings. The lowest BCUT2D eigenvalue weighted by molar-refractivity contribution is 0.0600. The Balaban J connectivity index is 1.36. The van der Waals surface area contributed by atoms with Crippen LogP contribution in [0.1, 0.15) is 27.5 Å². The van der Waals surface area contributed by atoms with Gasteiger partial charge in [0.1, 0.15) is 10.8 Å². The van der Waals surface area contributed by atoms with Crippen LogP contribution in [0.15, 0.2) is 63.6 Å². The van der Waals surface area contributed by atoms with E-state index in [1.165, 1.54) is 42.3 Å². The quantitative estimate of drug-likeness (QED) is 0.295. The predicted molar refractivity (Wildman–Crippen MR) is 112 cm³/mol. The number of ether oxygens (including phenoxy) is 1. The molecule has 0 atom stereocenters. The van der Waals surface area contributed by atoms with Gasteiger partial charge < -0.3 is 9.15 Å². The van der Waals surface area contributed by atoms with Crippen molar-refractivity contribution in [3.8, 4) is 10.6 Å². The molecule has 0 N–H and O–H groups in total. The van der Waals surface area contributed by atoms with Crippen LogP contribution in [0.3, 0.4) is 0 Å². The van der Waals surface area contributed by atoms with Crippen LogP contribution < -0.4 is 0 Å². The van der Waals surface area contributed by atoms with Gasteiger partial charge in [-0.25, -0.2) is 14.2 Å². The number of methoxy groups -OCH3 is 1. The number of thioether (sulfide) groups is 1. The maximum atomic E-state index is 13.3. The lowest BCUT2D eigenvalue weighted by atomic mass is 10.1. The van der Waals surface area contributed by atoms with Crippen LogP contribution in [0.25, 0.3) is 10.6 Å². The van der Waals surface area contributed by atoms with Crippen LogP contribution in [-0.4, -0.2) is 28.3 Å². The zero-order chi connectivity index (χ0) is 20.9. The molecule has 0 aliphatic rings. The van der Waals surface area contributed by atoms with E-state index in [-0.39, 0.29) is 11.8 Å². The molecule has 0 unspecified atom stereocenters. The Morgan fingerprint density at radius 3 is 2.80 bits per heavy atom. The average molecular weight is 442 g/mol. The number of hydrogen-bond donors (Lipinski definition) is 0. The number of carbonyl (C=O) groups is 1. The topological polar surface area (TPSA) is 78.1 Å².